The first kappa shape index (κ1) is 15.8. The maximum atomic E-state index is 12.0. The van der Waals surface area contributed by atoms with Crippen LogP contribution >= 0.6 is 0 Å². The van der Waals surface area contributed by atoms with Crippen LogP contribution < -0.4 is 5.32 Å². The molecule has 1 aliphatic heterocycles. The highest BCUT2D eigenvalue weighted by Gasteiger charge is 2.22. The van der Waals surface area contributed by atoms with Gasteiger partial charge in [0.25, 0.3) is 5.91 Å². The summed E-state index contributed by atoms with van der Waals surface area (Å²) in [6, 6.07) is 15.9. The number of aromatic nitrogens is 2. The second kappa shape index (κ2) is 7.04. The van der Waals surface area contributed by atoms with Crippen LogP contribution in [0.5, 0.6) is 0 Å². The topological polar surface area (TPSA) is 76.2 Å². The fourth-order valence-corrected chi connectivity index (χ4v) is 2.81. The van der Waals surface area contributed by atoms with Crippen molar-refractivity contribution < 1.29 is 14.3 Å². The number of hydrogen-bond donors (Lipinski definition) is 2. The van der Waals surface area contributed by atoms with Crippen molar-refractivity contribution in [1.82, 2.24) is 15.3 Å². The van der Waals surface area contributed by atoms with Gasteiger partial charge in [0.15, 0.2) is 6.10 Å². The summed E-state index contributed by atoms with van der Waals surface area (Å²) in [4.78, 5) is 19.9. The smallest absolute Gasteiger partial charge is 0.251 e. The number of benzene rings is 2. The number of rotatable bonds is 4. The van der Waals surface area contributed by atoms with E-state index in [-0.39, 0.29) is 5.91 Å². The molecule has 1 saturated heterocycles. The summed E-state index contributed by atoms with van der Waals surface area (Å²) < 4.78 is 10.6. The van der Waals surface area contributed by atoms with Gasteiger partial charge in [0.2, 0.25) is 0 Å². The van der Waals surface area contributed by atoms with Crippen molar-refractivity contribution in [3.8, 4) is 11.4 Å². The lowest BCUT2D eigenvalue weighted by atomic mass is 10.1. The number of carbonyl (C=O) groups excluding carboxylic acids is 1. The van der Waals surface area contributed by atoms with Crippen molar-refractivity contribution in [2.24, 2.45) is 0 Å². The number of nitrogens with one attached hydrogen (secondary N) is 2. The molecule has 2 N–H and O–H groups in total. The fraction of sp³-hybridized carbons (Fsp3) is 0.263. The summed E-state index contributed by atoms with van der Waals surface area (Å²) in [6.07, 6.45) is -0.511. The highest BCUT2D eigenvalue weighted by Crippen LogP contribution is 2.20. The van der Waals surface area contributed by atoms with Gasteiger partial charge in [0, 0.05) is 12.1 Å². The van der Waals surface area contributed by atoms with E-state index < -0.39 is 6.10 Å². The number of fused-ring (bicyclic) bond motifs is 1. The molecule has 0 spiro atoms. The highest BCUT2D eigenvalue weighted by atomic mass is 16.6. The van der Waals surface area contributed by atoms with E-state index in [0.29, 0.717) is 26.4 Å². The third kappa shape index (κ3) is 3.55. The number of amides is 1. The summed E-state index contributed by atoms with van der Waals surface area (Å²) in [5, 5.41) is 2.88. The zero-order valence-corrected chi connectivity index (χ0v) is 13.7. The lowest BCUT2D eigenvalue weighted by molar-refractivity contribution is -0.147. The monoisotopic (exact) mass is 337 g/mol. The van der Waals surface area contributed by atoms with Crippen LogP contribution in [0, 0.1) is 0 Å². The Labute approximate surface area is 145 Å². The number of nitrogens with zero attached hydrogens (tertiary/aromatic N) is 1. The lowest BCUT2D eigenvalue weighted by Gasteiger charge is -2.22. The van der Waals surface area contributed by atoms with E-state index in [4.69, 9.17) is 9.47 Å². The van der Waals surface area contributed by atoms with Crippen LogP contribution in [0.15, 0.2) is 48.5 Å². The molecular weight excluding hydrogens is 318 g/mol. The largest absolute Gasteiger partial charge is 0.376 e. The number of para-hydroxylation sites is 2. The molecule has 3 aromatic rings. The molecule has 2 heterocycles. The van der Waals surface area contributed by atoms with E-state index in [2.05, 4.69) is 15.3 Å². The zero-order valence-electron chi connectivity index (χ0n) is 13.7. The minimum Gasteiger partial charge on any atom is -0.376 e. The number of H-pyrrole nitrogens is 1. The van der Waals surface area contributed by atoms with Crippen molar-refractivity contribution in [1.29, 1.82) is 0 Å². The highest BCUT2D eigenvalue weighted by molar-refractivity contribution is 5.81. The molecule has 1 aliphatic rings. The van der Waals surface area contributed by atoms with Gasteiger partial charge >= 0.3 is 0 Å². The SMILES string of the molecule is O=C(NCc1ccc(-c2nc3ccccc3[nH]2)cc1)[C@H]1COCCO1. The first-order valence-corrected chi connectivity index (χ1v) is 8.31. The number of hydrogen-bond acceptors (Lipinski definition) is 4. The van der Waals surface area contributed by atoms with Crippen molar-refractivity contribution in [2.75, 3.05) is 19.8 Å². The molecule has 0 aliphatic carbocycles. The molecule has 1 amide bonds. The molecule has 1 aromatic heterocycles. The first-order chi connectivity index (χ1) is 12.3. The Bertz CT molecular complexity index is 834. The van der Waals surface area contributed by atoms with Crippen molar-refractivity contribution in [3.63, 3.8) is 0 Å². The standard InChI is InChI=1S/C19H19N3O3/c23-19(17-12-24-9-10-25-17)20-11-13-5-7-14(8-6-13)18-21-15-3-1-2-4-16(15)22-18/h1-8,17H,9-12H2,(H,20,23)(H,21,22)/t17-/m1/s1. The van der Waals surface area contributed by atoms with E-state index >= 15 is 0 Å². The lowest BCUT2D eigenvalue weighted by Crippen LogP contribution is -2.42. The van der Waals surface area contributed by atoms with E-state index in [1.807, 2.05) is 48.5 Å². The minimum atomic E-state index is -0.511. The summed E-state index contributed by atoms with van der Waals surface area (Å²) >= 11 is 0. The molecular formula is C19H19N3O3. The molecule has 4 rings (SSSR count). The summed E-state index contributed by atoms with van der Waals surface area (Å²) in [5.41, 5.74) is 3.99. The Morgan fingerprint density at radius 1 is 1.16 bits per heavy atom. The predicted octanol–water partition coefficient (Wildman–Crippen LogP) is 2.26. The van der Waals surface area contributed by atoms with E-state index in [0.717, 1.165) is 28.0 Å². The van der Waals surface area contributed by atoms with Gasteiger partial charge in [-0.1, -0.05) is 36.4 Å². The molecule has 25 heavy (non-hydrogen) atoms. The van der Waals surface area contributed by atoms with Crippen LogP contribution in [0.2, 0.25) is 0 Å². The second-order valence-corrected chi connectivity index (χ2v) is 5.95. The Morgan fingerprint density at radius 2 is 2.00 bits per heavy atom. The van der Waals surface area contributed by atoms with Crippen LogP contribution in [-0.4, -0.2) is 41.8 Å². The maximum absolute atomic E-state index is 12.0. The molecule has 0 radical (unpaired) electrons. The van der Waals surface area contributed by atoms with Crippen molar-refractivity contribution in [2.45, 2.75) is 12.6 Å². The van der Waals surface area contributed by atoms with Gasteiger partial charge in [-0.3, -0.25) is 4.79 Å². The summed E-state index contributed by atoms with van der Waals surface area (Å²) in [5.74, 6) is 0.700. The number of imidazole rings is 1. The van der Waals surface area contributed by atoms with Gasteiger partial charge in [-0.2, -0.15) is 0 Å². The Hall–Kier alpha value is -2.70. The van der Waals surface area contributed by atoms with Gasteiger partial charge in [-0.05, 0) is 17.7 Å². The van der Waals surface area contributed by atoms with Gasteiger partial charge in [0.1, 0.15) is 5.82 Å². The molecule has 2 aromatic carbocycles. The molecule has 1 fully saturated rings. The number of carbonyl (C=O) groups is 1. The Morgan fingerprint density at radius 3 is 2.76 bits per heavy atom. The molecule has 0 unspecified atom stereocenters. The van der Waals surface area contributed by atoms with E-state index in [1.165, 1.54) is 0 Å². The van der Waals surface area contributed by atoms with Gasteiger partial charge in [-0.25, -0.2) is 4.98 Å². The van der Waals surface area contributed by atoms with Crippen LogP contribution in [0.3, 0.4) is 0 Å². The maximum Gasteiger partial charge on any atom is 0.251 e. The predicted molar refractivity (Wildman–Crippen MR) is 93.9 cm³/mol. The Kier molecular flexibility index (Phi) is 4.45. The molecule has 1 atom stereocenters. The van der Waals surface area contributed by atoms with Crippen LogP contribution in [0.4, 0.5) is 0 Å². The van der Waals surface area contributed by atoms with Gasteiger partial charge in [0.05, 0.1) is 30.9 Å². The van der Waals surface area contributed by atoms with Crippen LogP contribution in [0.1, 0.15) is 5.56 Å². The quantitative estimate of drug-likeness (QED) is 0.766. The molecule has 6 nitrogen and oxygen atoms in total. The number of ether oxygens (including phenoxy) is 2. The molecule has 128 valence electrons. The van der Waals surface area contributed by atoms with Crippen molar-refractivity contribution >= 4 is 16.9 Å². The normalized spacial score (nSPS) is 17.5. The minimum absolute atomic E-state index is 0.138. The van der Waals surface area contributed by atoms with E-state index in [1.54, 1.807) is 0 Å². The van der Waals surface area contributed by atoms with Crippen LogP contribution in [0.25, 0.3) is 22.4 Å². The average Bonchev–Trinajstić information content (AvgIpc) is 3.11. The van der Waals surface area contributed by atoms with Gasteiger partial charge < -0.3 is 19.8 Å². The fourth-order valence-electron chi connectivity index (χ4n) is 2.81. The van der Waals surface area contributed by atoms with Crippen LogP contribution in [-0.2, 0) is 20.8 Å². The zero-order chi connectivity index (χ0) is 17.1. The third-order valence-corrected chi connectivity index (χ3v) is 4.19. The summed E-state index contributed by atoms with van der Waals surface area (Å²) in [6.45, 7) is 1.78. The third-order valence-electron chi connectivity index (χ3n) is 4.19. The van der Waals surface area contributed by atoms with Crippen molar-refractivity contribution in [3.05, 3.63) is 54.1 Å². The van der Waals surface area contributed by atoms with E-state index in [9.17, 15) is 4.79 Å². The molecule has 6 heteroatoms. The van der Waals surface area contributed by atoms with Gasteiger partial charge in [-0.15, -0.1) is 0 Å². The first-order valence-electron chi connectivity index (χ1n) is 8.31. The summed E-state index contributed by atoms with van der Waals surface area (Å²) in [7, 11) is 0. The molecule has 0 bridgehead atoms. The average molecular weight is 337 g/mol. The second-order valence-electron chi connectivity index (χ2n) is 5.95. The molecule has 0 saturated carbocycles. The number of aromatic amines is 1. The Balaban J connectivity index is 1.40.